The fourth-order valence-corrected chi connectivity index (χ4v) is 4.65. The molecule has 4 rings (SSSR count). The standard InChI is InChI=1S/C25H26ClN3O3/c1-14-10-21-19(15(2)13-25(3,4)28(21)5)11-16(14)12-20-22(30)27-24(32)29(23(20)31)18-8-6-17(26)7-9-18/h6-12,15H,13H2,1-5H3,(H,27,30,32)/b20-12+/t15-/m0/s1. The normalized spacial score (nSPS) is 21.6. The third kappa shape index (κ3) is 3.69. The largest absolute Gasteiger partial charge is 0.369 e. The van der Waals surface area contributed by atoms with Crippen molar-refractivity contribution in [2.75, 3.05) is 16.8 Å². The monoisotopic (exact) mass is 451 g/mol. The fraction of sp³-hybridized carbons (Fsp3) is 0.320. The van der Waals surface area contributed by atoms with Gasteiger partial charge in [-0.25, -0.2) is 9.69 Å². The number of imide groups is 2. The Hall–Kier alpha value is -3.12. The number of anilines is 2. The van der Waals surface area contributed by atoms with Gasteiger partial charge in [-0.15, -0.1) is 0 Å². The zero-order valence-electron chi connectivity index (χ0n) is 18.8. The maximum atomic E-state index is 13.2. The molecule has 0 saturated carbocycles. The van der Waals surface area contributed by atoms with Crippen LogP contribution in [0, 0.1) is 6.92 Å². The van der Waals surface area contributed by atoms with Gasteiger partial charge in [-0.3, -0.25) is 14.9 Å². The van der Waals surface area contributed by atoms with Gasteiger partial charge < -0.3 is 4.90 Å². The van der Waals surface area contributed by atoms with Crippen LogP contribution in [0.5, 0.6) is 0 Å². The average molecular weight is 452 g/mol. The van der Waals surface area contributed by atoms with Crippen LogP contribution in [0.1, 0.15) is 49.8 Å². The smallest absolute Gasteiger partial charge is 0.335 e. The highest BCUT2D eigenvalue weighted by atomic mass is 35.5. The van der Waals surface area contributed by atoms with Crippen molar-refractivity contribution in [2.45, 2.75) is 45.6 Å². The van der Waals surface area contributed by atoms with Gasteiger partial charge in [0.05, 0.1) is 5.69 Å². The van der Waals surface area contributed by atoms with E-state index in [1.165, 1.54) is 5.56 Å². The van der Waals surface area contributed by atoms with Gasteiger partial charge in [0.25, 0.3) is 11.8 Å². The lowest BCUT2D eigenvalue weighted by Gasteiger charge is -2.45. The number of carbonyl (C=O) groups excluding carboxylic acids is 3. The third-order valence-corrected chi connectivity index (χ3v) is 6.76. The number of hydrogen-bond acceptors (Lipinski definition) is 4. The van der Waals surface area contributed by atoms with E-state index in [9.17, 15) is 14.4 Å². The number of nitrogens with zero attached hydrogens (tertiary/aromatic N) is 2. The first-order chi connectivity index (χ1) is 15.0. The minimum atomic E-state index is -0.779. The van der Waals surface area contributed by atoms with Crippen LogP contribution in [0.15, 0.2) is 42.0 Å². The summed E-state index contributed by atoms with van der Waals surface area (Å²) in [6.45, 7) is 8.61. The molecule has 1 saturated heterocycles. The number of amides is 4. The van der Waals surface area contributed by atoms with Gasteiger partial charge in [0, 0.05) is 23.3 Å². The summed E-state index contributed by atoms with van der Waals surface area (Å²) in [5.41, 5.74) is 4.37. The number of barbiturate groups is 1. The molecule has 2 heterocycles. The molecule has 2 aromatic rings. The number of rotatable bonds is 2. The molecule has 2 aliphatic heterocycles. The third-order valence-electron chi connectivity index (χ3n) is 6.51. The zero-order chi connectivity index (χ0) is 23.4. The number of carbonyl (C=O) groups is 3. The SMILES string of the molecule is Cc1cc2c(cc1/C=C1\C(=O)NC(=O)N(c3ccc(Cl)cc3)C1=O)[C@@H](C)CC(C)(C)N2C. The van der Waals surface area contributed by atoms with Crippen molar-refractivity contribution >= 4 is 46.9 Å². The minimum absolute atomic E-state index is 0.0392. The van der Waals surface area contributed by atoms with Crippen LogP contribution in [0.4, 0.5) is 16.2 Å². The molecule has 1 atom stereocenters. The fourth-order valence-electron chi connectivity index (χ4n) is 4.53. The molecular weight excluding hydrogens is 426 g/mol. The van der Waals surface area contributed by atoms with Crippen LogP contribution in [0.2, 0.25) is 5.02 Å². The Morgan fingerprint density at radius 1 is 1.12 bits per heavy atom. The highest BCUT2D eigenvalue weighted by molar-refractivity contribution is 6.39. The molecule has 0 unspecified atom stereocenters. The molecule has 1 fully saturated rings. The van der Waals surface area contributed by atoms with Gasteiger partial charge in [-0.1, -0.05) is 18.5 Å². The topological polar surface area (TPSA) is 69.7 Å². The number of urea groups is 1. The average Bonchev–Trinajstić information content (AvgIpc) is 2.71. The van der Waals surface area contributed by atoms with E-state index in [1.807, 2.05) is 6.92 Å². The maximum absolute atomic E-state index is 13.2. The van der Waals surface area contributed by atoms with Crippen LogP contribution >= 0.6 is 11.6 Å². The molecule has 1 N–H and O–H groups in total. The first-order valence-electron chi connectivity index (χ1n) is 10.5. The maximum Gasteiger partial charge on any atom is 0.335 e. The summed E-state index contributed by atoms with van der Waals surface area (Å²) in [6.07, 6.45) is 2.57. The zero-order valence-corrected chi connectivity index (χ0v) is 19.6. The van der Waals surface area contributed by atoms with Crippen molar-refractivity contribution in [3.8, 4) is 0 Å². The van der Waals surface area contributed by atoms with Gasteiger partial charge in [0.1, 0.15) is 5.57 Å². The van der Waals surface area contributed by atoms with Gasteiger partial charge >= 0.3 is 6.03 Å². The number of fused-ring (bicyclic) bond motifs is 1. The van der Waals surface area contributed by atoms with E-state index in [4.69, 9.17) is 11.6 Å². The van der Waals surface area contributed by atoms with E-state index in [2.05, 4.69) is 50.2 Å². The van der Waals surface area contributed by atoms with E-state index in [0.29, 0.717) is 16.6 Å². The van der Waals surface area contributed by atoms with E-state index < -0.39 is 17.8 Å². The highest BCUT2D eigenvalue weighted by Gasteiger charge is 2.38. The Kier molecular flexibility index (Phi) is 5.37. The molecule has 6 nitrogen and oxygen atoms in total. The van der Waals surface area contributed by atoms with Crippen LogP contribution in [-0.4, -0.2) is 30.4 Å². The summed E-state index contributed by atoms with van der Waals surface area (Å²) in [5.74, 6) is -1.03. The quantitative estimate of drug-likeness (QED) is 0.513. The Morgan fingerprint density at radius 3 is 2.44 bits per heavy atom. The van der Waals surface area contributed by atoms with Crippen LogP contribution in [0.25, 0.3) is 6.08 Å². The molecule has 0 spiro atoms. The second-order valence-corrected chi connectivity index (χ2v) is 9.61. The number of nitrogens with one attached hydrogen (secondary N) is 1. The van der Waals surface area contributed by atoms with E-state index >= 15 is 0 Å². The van der Waals surface area contributed by atoms with E-state index in [0.717, 1.165) is 28.1 Å². The lowest BCUT2D eigenvalue weighted by atomic mass is 9.79. The molecule has 0 radical (unpaired) electrons. The molecule has 0 aromatic heterocycles. The molecule has 4 amide bonds. The predicted octanol–water partition coefficient (Wildman–Crippen LogP) is 5.04. The summed E-state index contributed by atoms with van der Waals surface area (Å²) in [4.78, 5) is 41.4. The second-order valence-electron chi connectivity index (χ2n) is 9.18. The molecule has 166 valence electrons. The van der Waals surface area contributed by atoms with Crippen molar-refractivity contribution in [1.29, 1.82) is 0 Å². The Balaban J connectivity index is 1.77. The number of halogens is 1. The minimum Gasteiger partial charge on any atom is -0.369 e. The summed E-state index contributed by atoms with van der Waals surface area (Å²) in [7, 11) is 2.09. The lowest BCUT2D eigenvalue weighted by Crippen LogP contribution is -2.54. The van der Waals surface area contributed by atoms with Crippen LogP contribution in [0.3, 0.4) is 0 Å². The first-order valence-corrected chi connectivity index (χ1v) is 10.9. The molecule has 7 heteroatoms. The van der Waals surface area contributed by atoms with Gasteiger partial charge in [-0.05, 0) is 92.3 Å². The predicted molar refractivity (Wildman–Crippen MR) is 127 cm³/mol. The van der Waals surface area contributed by atoms with Crippen molar-refractivity contribution in [2.24, 2.45) is 0 Å². The molecule has 32 heavy (non-hydrogen) atoms. The Labute approximate surface area is 192 Å². The summed E-state index contributed by atoms with van der Waals surface area (Å²) < 4.78 is 0. The summed E-state index contributed by atoms with van der Waals surface area (Å²) in [6, 6.07) is 9.69. The Morgan fingerprint density at radius 2 is 1.78 bits per heavy atom. The first kappa shape index (κ1) is 22.1. The summed E-state index contributed by atoms with van der Waals surface area (Å²) in [5, 5.41) is 2.75. The summed E-state index contributed by atoms with van der Waals surface area (Å²) >= 11 is 5.92. The molecule has 2 aromatic carbocycles. The molecule has 0 bridgehead atoms. The van der Waals surface area contributed by atoms with Crippen molar-refractivity contribution in [1.82, 2.24) is 5.32 Å². The number of aryl methyl sites for hydroxylation is 1. The van der Waals surface area contributed by atoms with Gasteiger partial charge in [-0.2, -0.15) is 0 Å². The van der Waals surface area contributed by atoms with Crippen molar-refractivity contribution in [3.63, 3.8) is 0 Å². The van der Waals surface area contributed by atoms with Gasteiger partial charge in [0.2, 0.25) is 0 Å². The van der Waals surface area contributed by atoms with E-state index in [1.54, 1.807) is 30.3 Å². The highest BCUT2D eigenvalue weighted by Crippen LogP contribution is 2.43. The molecule has 2 aliphatic rings. The van der Waals surface area contributed by atoms with Crippen LogP contribution < -0.4 is 15.1 Å². The number of hydrogen-bond donors (Lipinski definition) is 1. The van der Waals surface area contributed by atoms with Gasteiger partial charge in [0.15, 0.2) is 0 Å². The molecule has 0 aliphatic carbocycles. The lowest BCUT2D eigenvalue weighted by molar-refractivity contribution is -0.122. The number of benzene rings is 2. The van der Waals surface area contributed by atoms with Crippen molar-refractivity contribution < 1.29 is 14.4 Å². The Bertz CT molecular complexity index is 1170. The van der Waals surface area contributed by atoms with Crippen molar-refractivity contribution in [3.05, 3.63) is 63.7 Å². The second kappa shape index (κ2) is 7.78. The molecular formula is C25H26ClN3O3. The van der Waals surface area contributed by atoms with Crippen LogP contribution in [-0.2, 0) is 9.59 Å². The van der Waals surface area contributed by atoms with E-state index in [-0.39, 0.29) is 11.1 Å².